The summed E-state index contributed by atoms with van der Waals surface area (Å²) in [4.78, 5) is 25.3. The first-order valence-electron chi connectivity index (χ1n) is 8.06. The number of ether oxygens (including phenoxy) is 2. The van der Waals surface area contributed by atoms with Crippen molar-refractivity contribution in [2.75, 3.05) is 33.9 Å². The molecule has 0 radical (unpaired) electrons. The average molecular weight is 374 g/mol. The number of amides is 2. The minimum Gasteiger partial charge on any atom is -0.493 e. The van der Waals surface area contributed by atoms with Crippen LogP contribution in [-0.4, -0.2) is 56.7 Å². The number of benzene rings is 1. The third-order valence-electron chi connectivity index (χ3n) is 4.17. The molecule has 1 N–H and O–H groups in total. The lowest BCUT2D eigenvalue weighted by molar-refractivity contribution is -0.140. The fourth-order valence-corrected chi connectivity index (χ4v) is 2.80. The highest BCUT2D eigenvalue weighted by Gasteiger charge is 2.36. The number of hydrogen-bond acceptors (Lipinski definition) is 4. The van der Waals surface area contributed by atoms with Crippen LogP contribution >= 0.6 is 0 Å². The van der Waals surface area contributed by atoms with Gasteiger partial charge in [-0.2, -0.15) is 13.2 Å². The van der Waals surface area contributed by atoms with Gasteiger partial charge in [-0.05, 0) is 24.1 Å². The fourth-order valence-electron chi connectivity index (χ4n) is 2.80. The lowest BCUT2D eigenvalue weighted by Crippen LogP contribution is -2.38. The maximum absolute atomic E-state index is 12.2. The molecule has 1 saturated heterocycles. The van der Waals surface area contributed by atoms with E-state index in [0.29, 0.717) is 24.5 Å². The van der Waals surface area contributed by atoms with E-state index in [4.69, 9.17) is 9.47 Å². The van der Waals surface area contributed by atoms with Gasteiger partial charge in [0.05, 0.1) is 20.1 Å². The van der Waals surface area contributed by atoms with Crippen molar-refractivity contribution in [2.45, 2.75) is 19.0 Å². The fraction of sp³-hybridized carbons (Fsp3) is 0.529. The Hall–Kier alpha value is -2.45. The molecule has 1 fully saturated rings. The molecule has 1 aliphatic rings. The summed E-state index contributed by atoms with van der Waals surface area (Å²) in [6.45, 7) is -0.894. The number of carbonyl (C=O) groups excluding carboxylic acids is 2. The van der Waals surface area contributed by atoms with Crippen LogP contribution in [0.2, 0.25) is 0 Å². The highest BCUT2D eigenvalue weighted by atomic mass is 19.4. The topological polar surface area (TPSA) is 67.9 Å². The molecule has 0 aromatic heterocycles. The summed E-state index contributed by atoms with van der Waals surface area (Å²) in [6.07, 6.45) is -4.01. The van der Waals surface area contributed by atoms with E-state index in [1.54, 1.807) is 12.1 Å². The molecular formula is C17H21F3N2O4. The van der Waals surface area contributed by atoms with Crippen LogP contribution in [0, 0.1) is 5.92 Å². The first kappa shape index (κ1) is 19.9. The maximum atomic E-state index is 12.2. The SMILES string of the molecule is COc1ccc(CCN2CC(C(=O)NCC(F)(F)F)CC2=O)cc1OC. The largest absolute Gasteiger partial charge is 0.493 e. The monoisotopic (exact) mass is 374 g/mol. The molecule has 2 rings (SSSR count). The Kier molecular flexibility index (Phi) is 6.33. The molecular weight excluding hydrogens is 353 g/mol. The smallest absolute Gasteiger partial charge is 0.405 e. The second-order valence-corrected chi connectivity index (χ2v) is 6.01. The van der Waals surface area contributed by atoms with E-state index in [1.165, 1.54) is 19.1 Å². The van der Waals surface area contributed by atoms with E-state index in [2.05, 4.69) is 0 Å². The number of nitrogens with zero attached hydrogens (tertiary/aromatic N) is 1. The average Bonchev–Trinajstić information content (AvgIpc) is 2.97. The van der Waals surface area contributed by atoms with E-state index in [0.717, 1.165) is 5.56 Å². The zero-order chi connectivity index (χ0) is 19.3. The van der Waals surface area contributed by atoms with Crippen molar-refractivity contribution in [3.05, 3.63) is 23.8 Å². The van der Waals surface area contributed by atoms with Gasteiger partial charge >= 0.3 is 6.18 Å². The van der Waals surface area contributed by atoms with Crippen LogP contribution in [0.3, 0.4) is 0 Å². The normalized spacial score (nSPS) is 17.3. The maximum Gasteiger partial charge on any atom is 0.405 e. The van der Waals surface area contributed by atoms with Crippen LogP contribution < -0.4 is 14.8 Å². The summed E-state index contributed by atoms with van der Waals surface area (Å²) in [5.41, 5.74) is 0.917. The Bertz CT molecular complexity index is 664. The summed E-state index contributed by atoms with van der Waals surface area (Å²) in [6, 6.07) is 5.40. The van der Waals surface area contributed by atoms with Crippen molar-refractivity contribution in [1.82, 2.24) is 10.2 Å². The first-order chi connectivity index (χ1) is 12.2. The molecule has 1 unspecified atom stereocenters. The molecule has 9 heteroatoms. The van der Waals surface area contributed by atoms with Crippen molar-refractivity contribution in [3.63, 3.8) is 0 Å². The minimum atomic E-state index is -4.47. The Balaban J connectivity index is 1.89. The quantitative estimate of drug-likeness (QED) is 0.790. The van der Waals surface area contributed by atoms with E-state index >= 15 is 0 Å². The molecule has 0 aliphatic carbocycles. The molecule has 0 bridgehead atoms. The van der Waals surface area contributed by atoms with Crippen molar-refractivity contribution in [1.29, 1.82) is 0 Å². The van der Waals surface area contributed by atoms with Gasteiger partial charge in [-0.1, -0.05) is 6.07 Å². The number of likely N-dealkylation sites (tertiary alicyclic amines) is 1. The second kappa shape index (κ2) is 8.29. The van der Waals surface area contributed by atoms with Crippen LogP contribution in [0.4, 0.5) is 13.2 Å². The Morgan fingerprint density at radius 3 is 2.58 bits per heavy atom. The van der Waals surface area contributed by atoms with Gasteiger partial charge in [0.2, 0.25) is 11.8 Å². The van der Waals surface area contributed by atoms with Crippen LogP contribution in [0.15, 0.2) is 18.2 Å². The molecule has 1 aromatic carbocycles. The van der Waals surface area contributed by atoms with Crippen LogP contribution in [0.1, 0.15) is 12.0 Å². The number of methoxy groups -OCH3 is 2. The van der Waals surface area contributed by atoms with Gasteiger partial charge in [0.25, 0.3) is 0 Å². The highest BCUT2D eigenvalue weighted by Crippen LogP contribution is 2.28. The zero-order valence-electron chi connectivity index (χ0n) is 14.6. The molecule has 1 atom stereocenters. The van der Waals surface area contributed by atoms with Crippen molar-refractivity contribution < 1.29 is 32.2 Å². The number of alkyl halides is 3. The van der Waals surface area contributed by atoms with Gasteiger partial charge in [0, 0.05) is 19.5 Å². The summed E-state index contributed by atoms with van der Waals surface area (Å²) in [5.74, 6) is -0.575. The summed E-state index contributed by atoms with van der Waals surface area (Å²) in [7, 11) is 3.06. The molecule has 0 spiro atoms. The van der Waals surface area contributed by atoms with Crippen molar-refractivity contribution in [3.8, 4) is 11.5 Å². The Morgan fingerprint density at radius 1 is 1.27 bits per heavy atom. The Labute approximate surface area is 149 Å². The van der Waals surface area contributed by atoms with Gasteiger partial charge < -0.3 is 19.7 Å². The first-order valence-corrected chi connectivity index (χ1v) is 8.06. The molecule has 26 heavy (non-hydrogen) atoms. The van der Waals surface area contributed by atoms with Crippen molar-refractivity contribution >= 4 is 11.8 Å². The number of hydrogen-bond donors (Lipinski definition) is 1. The molecule has 1 aliphatic heterocycles. The van der Waals surface area contributed by atoms with E-state index in [1.807, 2.05) is 11.4 Å². The number of halogens is 3. The van der Waals surface area contributed by atoms with Crippen LogP contribution in [0.5, 0.6) is 11.5 Å². The third-order valence-corrected chi connectivity index (χ3v) is 4.17. The number of rotatable bonds is 7. The van der Waals surface area contributed by atoms with Gasteiger partial charge in [0.15, 0.2) is 11.5 Å². The molecule has 0 saturated carbocycles. The molecule has 1 aromatic rings. The molecule has 144 valence electrons. The lowest BCUT2D eigenvalue weighted by atomic mass is 10.1. The predicted molar refractivity (Wildman–Crippen MR) is 87.0 cm³/mol. The number of nitrogens with one attached hydrogen (secondary N) is 1. The number of carbonyl (C=O) groups is 2. The predicted octanol–water partition coefficient (Wildman–Crippen LogP) is 1.77. The highest BCUT2D eigenvalue weighted by molar-refractivity contribution is 5.89. The summed E-state index contributed by atoms with van der Waals surface area (Å²) in [5, 5.41) is 1.83. The van der Waals surface area contributed by atoms with Crippen molar-refractivity contribution in [2.24, 2.45) is 5.92 Å². The minimum absolute atomic E-state index is 0.0738. The van der Waals surface area contributed by atoms with Crippen LogP contribution in [-0.2, 0) is 16.0 Å². The molecule has 1 heterocycles. The second-order valence-electron chi connectivity index (χ2n) is 6.01. The standard InChI is InChI=1S/C17H21F3N2O4/c1-25-13-4-3-11(7-14(13)26-2)5-6-22-9-12(8-15(22)23)16(24)21-10-17(18,19)20/h3-4,7,12H,5-6,8-10H2,1-2H3,(H,21,24). The van der Waals surface area contributed by atoms with Gasteiger partial charge in [-0.3, -0.25) is 9.59 Å². The molecule has 2 amide bonds. The van der Waals surface area contributed by atoms with Gasteiger partial charge in [-0.15, -0.1) is 0 Å². The lowest BCUT2D eigenvalue weighted by Gasteiger charge is -2.17. The van der Waals surface area contributed by atoms with E-state index in [9.17, 15) is 22.8 Å². The summed E-state index contributed by atoms with van der Waals surface area (Å²) >= 11 is 0. The van der Waals surface area contributed by atoms with E-state index in [-0.39, 0.29) is 18.9 Å². The van der Waals surface area contributed by atoms with E-state index < -0.39 is 24.5 Å². The molecule has 6 nitrogen and oxygen atoms in total. The van der Waals surface area contributed by atoms with Gasteiger partial charge in [-0.25, -0.2) is 0 Å². The zero-order valence-corrected chi connectivity index (χ0v) is 14.6. The van der Waals surface area contributed by atoms with Crippen LogP contribution in [0.25, 0.3) is 0 Å². The third kappa shape index (κ3) is 5.27. The Morgan fingerprint density at radius 2 is 1.96 bits per heavy atom. The summed E-state index contributed by atoms with van der Waals surface area (Å²) < 4.78 is 46.9. The van der Waals surface area contributed by atoms with Gasteiger partial charge in [0.1, 0.15) is 6.54 Å².